The van der Waals surface area contributed by atoms with Crippen LogP contribution in [0.5, 0.6) is 5.75 Å². The molecule has 1 saturated heterocycles. The molecule has 2 atom stereocenters. The molecule has 1 aromatic heterocycles. The molecule has 5 heteroatoms. The molecule has 0 saturated carbocycles. The summed E-state index contributed by atoms with van der Waals surface area (Å²) >= 11 is 0. The third-order valence-corrected chi connectivity index (χ3v) is 5.19. The van der Waals surface area contributed by atoms with E-state index < -0.39 is 0 Å². The van der Waals surface area contributed by atoms with E-state index in [0.29, 0.717) is 5.92 Å². The summed E-state index contributed by atoms with van der Waals surface area (Å²) < 4.78 is 10.3. The third-order valence-electron chi connectivity index (χ3n) is 5.19. The Kier molecular flexibility index (Phi) is 5.87. The molecule has 1 fully saturated rings. The summed E-state index contributed by atoms with van der Waals surface area (Å²) in [7, 11) is 3.16. The van der Waals surface area contributed by atoms with E-state index >= 15 is 0 Å². The Hall–Kier alpha value is -2.14. The second-order valence-electron chi connectivity index (χ2n) is 6.63. The monoisotopic (exact) mass is 342 g/mol. The van der Waals surface area contributed by atoms with Gasteiger partial charge in [0.15, 0.2) is 0 Å². The number of carbonyl (C=O) groups is 1. The SMILES string of the molecule is COC(=O)[C@H]1CNCC[C@H]1CCCc1ccnc2ccc(OC)cc12. The highest BCUT2D eigenvalue weighted by Crippen LogP contribution is 2.28. The highest BCUT2D eigenvalue weighted by molar-refractivity contribution is 5.83. The summed E-state index contributed by atoms with van der Waals surface area (Å²) in [5, 5.41) is 4.45. The van der Waals surface area contributed by atoms with E-state index in [2.05, 4.69) is 22.4 Å². The maximum atomic E-state index is 12.0. The summed E-state index contributed by atoms with van der Waals surface area (Å²) in [6.45, 7) is 1.71. The number of fused-ring (bicyclic) bond motifs is 1. The van der Waals surface area contributed by atoms with Crippen molar-refractivity contribution in [3.8, 4) is 5.75 Å². The Balaban J connectivity index is 1.67. The Morgan fingerprint density at radius 2 is 2.20 bits per heavy atom. The van der Waals surface area contributed by atoms with Gasteiger partial charge in [-0.1, -0.05) is 0 Å². The van der Waals surface area contributed by atoms with Gasteiger partial charge in [0.05, 0.1) is 25.7 Å². The fourth-order valence-corrected chi connectivity index (χ4v) is 3.77. The van der Waals surface area contributed by atoms with Gasteiger partial charge in [0, 0.05) is 18.1 Å². The molecular formula is C20H26N2O3. The van der Waals surface area contributed by atoms with E-state index in [-0.39, 0.29) is 11.9 Å². The van der Waals surface area contributed by atoms with Crippen LogP contribution in [0.1, 0.15) is 24.8 Å². The van der Waals surface area contributed by atoms with E-state index in [4.69, 9.17) is 9.47 Å². The van der Waals surface area contributed by atoms with Crippen LogP contribution in [0.4, 0.5) is 0 Å². The molecule has 1 aromatic carbocycles. The van der Waals surface area contributed by atoms with Crippen LogP contribution in [0.2, 0.25) is 0 Å². The first-order valence-electron chi connectivity index (χ1n) is 8.93. The number of aromatic nitrogens is 1. The molecule has 2 aromatic rings. The highest BCUT2D eigenvalue weighted by atomic mass is 16.5. The van der Waals surface area contributed by atoms with Gasteiger partial charge in [0.25, 0.3) is 0 Å². The Morgan fingerprint density at radius 3 is 3.00 bits per heavy atom. The van der Waals surface area contributed by atoms with E-state index in [0.717, 1.165) is 55.4 Å². The molecule has 3 rings (SSSR count). The predicted molar refractivity (Wildman–Crippen MR) is 97.7 cm³/mol. The number of ether oxygens (including phenoxy) is 2. The average molecular weight is 342 g/mol. The average Bonchev–Trinajstić information content (AvgIpc) is 2.67. The second kappa shape index (κ2) is 8.30. The molecule has 5 nitrogen and oxygen atoms in total. The molecule has 134 valence electrons. The van der Waals surface area contributed by atoms with Gasteiger partial charge < -0.3 is 14.8 Å². The summed E-state index contributed by atoms with van der Waals surface area (Å²) in [5.74, 6) is 1.14. The zero-order valence-electron chi connectivity index (χ0n) is 15.0. The number of piperidine rings is 1. The Bertz CT molecular complexity index is 732. The van der Waals surface area contributed by atoms with E-state index in [1.165, 1.54) is 12.7 Å². The molecule has 2 heterocycles. The van der Waals surface area contributed by atoms with Crippen molar-refractivity contribution in [1.29, 1.82) is 0 Å². The molecule has 0 unspecified atom stereocenters. The maximum absolute atomic E-state index is 12.0. The number of carbonyl (C=O) groups excluding carboxylic acids is 1. The first kappa shape index (κ1) is 17.7. The molecule has 25 heavy (non-hydrogen) atoms. The van der Waals surface area contributed by atoms with Crippen LogP contribution < -0.4 is 10.1 Å². The summed E-state index contributed by atoms with van der Waals surface area (Å²) in [6.07, 6.45) is 5.96. The largest absolute Gasteiger partial charge is 0.497 e. The van der Waals surface area contributed by atoms with Crippen molar-refractivity contribution in [3.63, 3.8) is 0 Å². The number of nitrogens with zero attached hydrogens (tertiary/aromatic N) is 1. The molecule has 1 N–H and O–H groups in total. The number of esters is 1. The molecule has 0 amide bonds. The van der Waals surface area contributed by atoms with Crippen molar-refractivity contribution in [2.24, 2.45) is 11.8 Å². The van der Waals surface area contributed by atoms with Gasteiger partial charge in [-0.2, -0.15) is 0 Å². The Morgan fingerprint density at radius 1 is 1.32 bits per heavy atom. The summed E-state index contributed by atoms with van der Waals surface area (Å²) in [6, 6.07) is 8.08. The summed E-state index contributed by atoms with van der Waals surface area (Å²) in [5.41, 5.74) is 2.28. The van der Waals surface area contributed by atoms with Gasteiger partial charge >= 0.3 is 5.97 Å². The second-order valence-corrected chi connectivity index (χ2v) is 6.63. The minimum atomic E-state index is -0.0868. The maximum Gasteiger partial charge on any atom is 0.310 e. The highest BCUT2D eigenvalue weighted by Gasteiger charge is 2.31. The number of methoxy groups -OCH3 is 2. The number of nitrogens with one attached hydrogen (secondary N) is 1. The first-order valence-corrected chi connectivity index (χ1v) is 8.93. The standard InChI is InChI=1S/C20H26N2O3/c1-24-16-6-7-19-17(12-16)14(9-11-22-19)4-3-5-15-8-10-21-13-18(15)20(23)25-2/h6-7,9,11-12,15,18,21H,3-5,8,10,13H2,1-2H3/t15-,18+/m1/s1. The van der Waals surface area contributed by atoms with Crippen LogP contribution in [-0.4, -0.2) is 38.3 Å². The van der Waals surface area contributed by atoms with Gasteiger partial charge in [0.2, 0.25) is 0 Å². The van der Waals surface area contributed by atoms with E-state index in [1.54, 1.807) is 7.11 Å². The van der Waals surface area contributed by atoms with E-state index in [1.807, 2.05) is 18.3 Å². The van der Waals surface area contributed by atoms with Crippen LogP contribution in [-0.2, 0) is 16.0 Å². The fourth-order valence-electron chi connectivity index (χ4n) is 3.77. The number of pyridine rings is 1. The fraction of sp³-hybridized carbons (Fsp3) is 0.500. The van der Waals surface area contributed by atoms with Crippen molar-refractivity contribution in [3.05, 3.63) is 36.0 Å². The minimum Gasteiger partial charge on any atom is -0.497 e. The number of hydrogen-bond acceptors (Lipinski definition) is 5. The van der Waals surface area contributed by atoms with Gasteiger partial charge in [-0.05, 0) is 68.0 Å². The quantitative estimate of drug-likeness (QED) is 0.818. The number of aryl methyl sites for hydroxylation is 1. The smallest absolute Gasteiger partial charge is 0.310 e. The zero-order valence-corrected chi connectivity index (χ0v) is 15.0. The lowest BCUT2D eigenvalue weighted by molar-refractivity contribution is -0.148. The van der Waals surface area contributed by atoms with Crippen LogP contribution in [0.15, 0.2) is 30.5 Å². The number of rotatable bonds is 6. The van der Waals surface area contributed by atoms with Crippen LogP contribution in [0.3, 0.4) is 0 Å². The van der Waals surface area contributed by atoms with Gasteiger partial charge in [-0.15, -0.1) is 0 Å². The van der Waals surface area contributed by atoms with Crippen molar-refractivity contribution >= 4 is 16.9 Å². The lowest BCUT2D eigenvalue weighted by Gasteiger charge is -2.30. The van der Waals surface area contributed by atoms with Gasteiger partial charge in [0.1, 0.15) is 5.75 Å². The third kappa shape index (κ3) is 4.10. The molecular weight excluding hydrogens is 316 g/mol. The molecule has 1 aliphatic rings. The molecule has 1 aliphatic heterocycles. The lowest BCUT2D eigenvalue weighted by atomic mass is 9.82. The topological polar surface area (TPSA) is 60.5 Å². The molecule has 0 radical (unpaired) electrons. The van der Waals surface area contributed by atoms with Crippen molar-refractivity contribution in [2.75, 3.05) is 27.3 Å². The molecule has 0 spiro atoms. The molecule has 0 aliphatic carbocycles. The van der Waals surface area contributed by atoms with Crippen molar-refractivity contribution in [1.82, 2.24) is 10.3 Å². The Labute approximate surface area is 148 Å². The first-order chi connectivity index (χ1) is 12.2. The van der Waals surface area contributed by atoms with Crippen molar-refractivity contribution in [2.45, 2.75) is 25.7 Å². The predicted octanol–water partition coefficient (Wildman–Crippen LogP) is 2.96. The normalized spacial score (nSPS) is 20.4. The van der Waals surface area contributed by atoms with Crippen LogP contribution in [0.25, 0.3) is 10.9 Å². The van der Waals surface area contributed by atoms with Crippen LogP contribution in [0, 0.1) is 11.8 Å². The minimum absolute atomic E-state index is 0.0203. The van der Waals surface area contributed by atoms with Gasteiger partial charge in [-0.25, -0.2) is 0 Å². The zero-order chi connectivity index (χ0) is 17.6. The van der Waals surface area contributed by atoms with Crippen molar-refractivity contribution < 1.29 is 14.3 Å². The lowest BCUT2D eigenvalue weighted by Crippen LogP contribution is -2.41. The number of benzene rings is 1. The summed E-state index contributed by atoms with van der Waals surface area (Å²) in [4.78, 5) is 16.4. The van der Waals surface area contributed by atoms with Gasteiger partial charge in [-0.3, -0.25) is 9.78 Å². The number of hydrogen-bond donors (Lipinski definition) is 1. The van der Waals surface area contributed by atoms with E-state index in [9.17, 15) is 4.79 Å². The van der Waals surface area contributed by atoms with Crippen LogP contribution >= 0.6 is 0 Å². The molecule has 0 bridgehead atoms.